The van der Waals surface area contributed by atoms with Crippen molar-refractivity contribution >= 4 is 16.2 Å². The Morgan fingerprint density at radius 1 is 1.20 bits per heavy atom. The average molecular weight is 306 g/mol. The maximum Gasteiger partial charge on any atom is 0.416 e. The third-order valence-electron chi connectivity index (χ3n) is 2.52. The number of hydrogen-bond acceptors (Lipinski definition) is 4. The van der Waals surface area contributed by atoms with Crippen LogP contribution >= 0.6 is 0 Å². The monoisotopic (exact) mass is 306 g/mol. The number of rotatable bonds is 3. The van der Waals surface area contributed by atoms with Crippen LogP contribution in [-0.2, 0) is 16.2 Å². The minimum absolute atomic E-state index is 0.0445. The highest BCUT2D eigenvalue weighted by Crippen LogP contribution is 2.30. The number of nitrogens with zero attached hydrogens (tertiary/aromatic N) is 1. The van der Waals surface area contributed by atoms with Crippen LogP contribution in [0.1, 0.15) is 5.56 Å². The zero-order chi connectivity index (χ0) is 15.0. The summed E-state index contributed by atoms with van der Waals surface area (Å²) in [7, 11) is -3.82. The van der Waals surface area contributed by atoms with E-state index in [1.165, 1.54) is 0 Å². The zero-order valence-corrected chi connectivity index (χ0v) is 10.7. The molecule has 1 aromatic rings. The summed E-state index contributed by atoms with van der Waals surface area (Å²) >= 11 is 0. The van der Waals surface area contributed by atoms with Crippen LogP contribution in [0.2, 0.25) is 0 Å². The molecule has 0 aliphatic carbocycles. The van der Waals surface area contributed by atoms with E-state index in [2.05, 4.69) is 4.40 Å². The molecule has 0 bridgehead atoms. The van der Waals surface area contributed by atoms with Gasteiger partial charge in [0.1, 0.15) is 17.3 Å². The van der Waals surface area contributed by atoms with Crippen LogP contribution in [0.5, 0.6) is 5.75 Å². The van der Waals surface area contributed by atoms with Crippen molar-refractivity contribution in [2.75, 3.05) is 6.61 Å². The molecular weight excluding hydrogens is 297 g/mol. The molecule has 2 N–H and O–H groups in total. The SMILES string of the molecule is NC1=C(COc2ccc(C(F)(F)F)cc2)S(=O)(=O)N=C1. The van der Waals surface area contributed by atoms with Gasteiger partial charge in [-0.25, -0.2) is 0 Å². The van der Waals surface area contributed by atoms with E-state index in [-0.39, 0.29) is 23.0 Å². The molecule has 1 aliphatic heterocycles. The normalized spacial score (nSPS) is 17.6. The number of benzene rings is 1. The minimum atomic E-state index is -4.44. The second-order valence-corrected chi connectivity index (χ2v) is 5.55. The van der Waals surface area contributed by atoms with Crippen molar-refractivity contribution in [1.29, 1.82) is 0 Å². The molecule has 0 atom stereocenters. The first kappa shape index (κ1) is 14.4. The van der Waals surface area contributed by atoms with Crippen LogP contribution in [0.15, 0.2) is 39.3 Å². The molecule has 20 heavy (non-hydrogen) atoms. The second-order valence-electron chi connectivity index (χ2n) is 3.90. The van der Waals surface area contributed by atoms with Gasteiger partial charge < -0.3 is 10.5 Å². The summed E-state index contributed by atoms with van der Waals surface area (Å²) in [5, 5.41) is 0. The Bertz CT molecular complexity index is 676. The molecule has 0 spiro atoms. The van der Waals surface area contributed by atoms with Crippen molar-refractivity contribution < 1.29 is 26.3 Å². The summed E-state index contributed by atoms with van der Waals surface area (Å²) in [6, 6.07) is 3.88. The van der Waals surface area contributed by atoms with Crippen molar-refractivity contribution in [3.05, 3.63) is 40.4 Å². The Balaban J connectivity index is 2.08. The number of halogens is 3. The molecule has 0 unspecified atom stereocenters. The molecule has 1 heterocycles. The third-order valence-corrected chi connectivity index (χ3v) is 3.87. The Morgan fingerprint density at radius 3 is 2.25 bits per heavy atom. The lowest BCUT2D eigenvalue weighted by Crippen LogP contribution is -2.12. The Kier molecular flexibility index (Phi) is 3.46. The third kappa shape index (κ3) is 2.93. The van der Waals surface area contributed by atoms with E-state index >= 15 is 0 Å². The van der Waals surface area contributed by atoms with Crippen LogP contribution in [-0.4, -0.2) is 21.2 Å². The lowest BCUT2D eigenvalue weighted by Gasteiger charge is -2.09. The number of alkyl halides is 3. The molecule has 1 aromatic carbocycles. The van der Waals surface area contributed by atoms with Gasteiger partial charge in [-0.1, -0.05) is 0 Å². The molecule has 9 heteroatoms. The highest BCUT2D eigenvalue weighted by Gasteiger charge is 2.30. The van der Waals surface area contributed by atoms with Gasteiger partial charge in [0.05, 0.1) is 17.5 Å². The molecule has 0 saturated carbocycles. The van der Waals surface area contributed by atoms with E-state index in [4.69, 9.17) is 10.5 Å². The molecule has 5 nitrogen and oxygen atoms in total. The summed E-state index contributed by atoms with van der Waals surface area (Å²) in [6.45, 7) is -0.389. The molecule has 108 valence electrons. The summed E-state index contributed by atoms with van der Waals surface area (Å²) in [6.07, 6.45) is -3.45. The number of sulfonamides is 1. The Hall–Kier alpha value is -2.03. The van der Waals surface area contributed by atoms with Crippen molar-refractivity contribution in [1.82, 2.24) is 0 Å². The van der Waals surface area contributed by atoms with Crippen molar-refractivity contribution in [2.45, 2.75) is 6.18 Å². The maximum absolute atomic E-state index is 12.3. The van der Waals surface area contributed by atoms with Crippen LogP contribution in [0.4, 0.5) is 13.2 Å². The van der Waals surface area contributed by atoms with Crippen molar-refractivity contribution in [3.8, 4) is 5.75 Å². The molecule has 1 aliphatic rings. The van der Waals surface area contributed by atoms with Crippen LogP contribution in [0, 0.1) is 0 Å². The van der Waals surface area contributed by atoms with Gasteiger partial charge in [-0.3, -0.25) is 0 Å². The van der Waals surface area contributed by atoms with E-state index in [0.717, 1.165) is 30.5 Å². The predicted octanol–water partition coefficient (Wildman–Crippen LogP) is 1.67. The highest BCUT2D eigenvalue weighted by molar-refractivity contribution is 7.94. The smallest absolute Gasteiger partial charge is 0.416 e. The number of ether oxygens (including phenoxy) is 1. The zero-order valence-electron chi connectivity index (χ0n) is 9.89. The van der Waals surface area contributed by atoms with E-state index in [1.807, 2.05) is 0 Å². The van der Waals surface area contributed by atoms with Gasteiger partial charge in [0.15, 0.2) is 0 Å². The fraction of sp³-hybridized carbons (Fsp3) is 0.182. The summed E-state index contributed by atoms with van der Waals surface area (Å²) < 4.78 is 68.2. The molecule has 0 amide bonds. The molecule has 0 radical (unpaired) electrons. The van der Waals surface area contributed by atoms with Gasteiger partial charge in [-0.15, -0.1) is 0 Å². The second kappa shape index (κ2) is 4.82. The number of nitrogens with two attached hydrogens (primary N) is 1. The van der Waals surface area contributed by atoms with Crippen molar-refractivity contribution in [3.63, 3.8) is 0 Å². The lowest BCUT2D eigenvalue weighted by molar-refractivity contribution is -0.137. The summed E-state index contributed by atoms with van der Waals surface area (Å²) in [4.78, 5) is -0.211. The molecule has 0 saturated heterocycles. The van der Waals surface area contributed by atoms with E-state index in [9.17, 15) is 21.6 Å². The quantitative estimate of drug-likeness (QED) is 0.921. The van der Waals surface area contributed by atoms with Gasteiger partial charge >= 0.3 is 6.18 Å². The average Bonchev–Trinajstić information content (AvgIpc) is 2.61. The van der Waals surface area contributed by atoms with Crippen LogP contribution < -0.4 is 10.5 Å². The van der Waals surface area contributed by atoms with E-state index in [0.29, 0.717) is 0 Å². The maximum atomic E-state index is 12.3. The summed E-state index contributed by atoms with van der Waals surface area (Å²) in [5.41, 5.74) is 4.56. The van der Waals surface area contributed by atoms with Gasteiger partial charge in [0.2, 0.25) is 0 Å². The first-order chi connectivity index (χ1) is 9.20. The molecule has 0 fully saturated rings. The largest absolute Gasteiger partial charge is 0.488 e. The minimum Gasteiger partial charge on any atom is -0.488 e. The van der Waals surface area contributed by atoms with Crippen LogP contribution in [0.3, 0.4) is 0 Å². The van der Waals surface area contributed by atoms with E-state index in [1.54, 1.807) is 0 Å². The van der Waals surface area contributed by atoms with Gasteiger partial charge in [0.25, 0.3) is 10.0 Å². The molecule has 2 rings (SSSR count). The van der Waals surface area contributed by atoms with Crippen molar-refractivity contribution in [2.24, 2.45) is 10.1 Å². The standard InChI is InChI=1S/C11H9F3N2O3S/c12-11(13,14)7-1-3-8(4-2-7)19-6-10-9(15)5-16-20(10,17)18/h1-5H,6,15H2. The first-order valence-corrected chi connectivity index (χ1v) is 6.73. The topological polar surface area (TPSA) is 81.8 Å². The fourth-order valence-corrected chi connectivity index (χ4v) is 2.40. The molecule has 0 aromatic heterocycles. The van der Waals surface area contributed by atoms with Crippen LogP contribution in [0.25, 0.3) is 0 Å². The van der Waals surface area contributed by atoms with E-state index < -0.39 is 21.8 Å². The van der Waals surface area contributed by atoms with Gasteiger partial charge in [-0.05, 0) is 24.3 Å². The molecular formula is C11H9F3N2O3S. The predicted molar refractivity (Wildman–Crippen MR) is 65.6 cm³/mol. The Labute approximate surface area is 112 Å². The first-order valence-electron chi connectivity index (χ1n) is 5.29. The summed E-state index contributed by atoms with van der Waals surface area (Å²) in [5.74, 6) is 0.0976. The Morgan fingerprint density at radius 2 is 1.80 bits per heavy atom. The van der Waals surface area contributed by atoms with Gasteiger partial charge in [0, 0.05) is 0 Å². The highest BCUT2D eigenvalue weighted by atomic mass is 32.2. The number of hydrogen-bond donors (Lipinski definition) is 1. The number of allylic oxidation sites excluding steroid dienone is 1. The lowest BCUT2D eigenvalue weighted by atomic mass is 10.2. The van der Waals surface area contributed by atoms with Gasteiger partial charge in [-0.2, -0.15) is 26.0 Å². The fourth-order valence-electron chi connectivity index (χ4n) is 1.46.